The Morgan fingerprint density at radius 3 is 2.74 bits per heavy atom. The van der Waals surface area contributed by atoms with Crippen LogP contribution in [0.5, 0.6) is 5.75 Å². The zero-order valence-electron chi connectivity index (χ0n) is 10.4. The Morgan fingerprint density at radius 1 is 1.47 bits per heavy atom. The summed E-state index contributed by atoms with van der Waals surface area (Å²) in [7, 11) is 1.59. The fourth-order valence-electron chi connectivity index (χ4n) is 1.79. The van der Waals surface area contributed by atoms with Gasteiger partial charge in [0.1, 0.15) is 5.75 Å². The Hall–Kier alpha value is -1.82. The van der Waals surface area contributed by atoms with Gasteiger partial charge in [-0.05, 0) is 18.6 Å². The predicted octanol–water partition coefficient (Wildman–Crippen LogP) is 3.37. The number of methoxy groups -OCH3 is 1. The van der Waals surface area contributed by atoms with Crippen LogP contribution in [0.2, 0.25) is 0 Å². The second-order valence-electron chi connectivity index (χ2n) is 3.87. The van der Waals surface area contributed by atoms with Crippen LogP contribution in [0.1, 0.15) is 23.0 Å². The van der Waals surface area contributed by atoms with Crippen molar-refractivity contribution in [2.24, 2.45) is 0 Å². The molecule has 0 aliphatic carbocycles. The molecule has 2 aromatic rings. The smallest absolute Gasteiger partial charge is 0.358 e. The molecular formula is C13H12BrNO4. The van der Waals surface area contributed by atoms with Gasteiger partial charge in [-0.15, -0.1) is 0 Å². The zero-order valence-corrected chi connectivity index (χ0v) is 12.0. The molecule has 19 heavy (non-hydrogen) atoms. The minimum atomic E-state index is -1.12. The number of ether oxygens (including phenoxy) is 1. The summed E-state index contributed by atoms with van der Waals surface area (Å²) in [6.07, 6.45) is 0.820. The summed E-state index contributed by atoms with van der Waals surface area (Å²) in [5.41, 5.74) is 1.63. The van der Waals surface area contributed by atoms with Gasteiger partial charge in [0.2, 0.25) is 0 Å². The fourth-order valence-corrected chi connectivity index (χ4v) is 2.51. The van der Waals surface area contributed by atoms with Crippen LogP contribution in [0.25, 0.3) is 11.3 Å². The van der Waals surface area contributed by atoms with Crippen molar-refractivity contribution in [3.8, 4) is 17.1 Å². The Balaban J connectivity index is 2.50. The van der Waals surface area contributed by atoms with Crippen molar-refractivity contribution in [1.29, 1.82) is 0 Å². The van der Waals surface area contributed by atoms with E-state index in [0.29, 0.717) is 11.3 Å². The first-order valence-corrected chi connectivity index (χ1v) is 6.43. The summed E-state index contributed by atoms with van der Waals surface area (Å²) in [4.78, 5) is 10.8. The van der Waals surface area contributed by atoms with Crippen LogP contribution in [0.3, 0.4) is 0 Å². The number of carbonyl (C=O) groups is 1. The topological polar surface area (TPSA) is 72.6 Å². The van der Waals surface area contributed by atoms with E-state index in [0.717, 1.165) is 22.2 Å². The Kier molecular flexibility index (Phi) is 3.90. The van der Waals surface area contributed by atoms with Crippen LogP contribution in [-0.4, -0.2) is 23.3 Å². The van der Waals surface area contributed by atoms with E-state index in [1.54, 1.807) is 13.2 Å². The fraction of sp³-hybridized carbons (Fsp3) is 0.231. The third kappa shape index (κ3) is 2.63. The van der Waals surface area contributed by atoms with Gasteiger partial charge in [-0.2, -0.15) is 0 Å². The largest absolute Gasteiger partial charge is 0.496 e. The van der Waals surface area contributed by atoms with E-state index in [1.165, 1.54) is 6.07 Å². The highest BCUT2D eigenvalue weighted by Crippen LogP contribution is 2.34. The van der Waals surface area contributed by atoms with E-state index in [-0.39, 0.29) is 5.69 Å². The number of hydrogen-bond acceptors (Lipinski definition) is 4. The predicted molar refractivity (Wildman–Crippen MR) is 72.5 cm³/mol. The van der Waals surface area contributed by atoms with Crippen molar-refractivity contribution < 1.29 is 19.2 Å². The average molecular weight is 326 g/mol. The van der Waals surface area contributed by atoms with Gasteiger partial charge in [-0.25, -0.2) is 4.79 Å². The number of benzene rings is 1. The van der Waals surface area contributed by atoms with E-state index >= 15 is 0 Å². The van der Waals surface area contributed by atoms with Crippen molar-refractivity contribution in [2.75, 3.05) is 7.11 Å². The molecule has 0 aliphatic heterocycles. The van der Waals surface area contributed by atoms with Crippen LogP contribution < -0.4 is 4.74 Å². The summed E-state index contributed by atoms with van der Waals surface area (Å²) >= 11 is 3.47. The highest BCUT2D eigenvalue weighted by molar-refractivity contribution is 9.10. The molecule has 1 aromatic carbocycles. The quantitative estimate of drug-likeness (QED) is 0.932. The molecule has 6 heteroatoms. The van der Waals surface area contributed by atoms with E-state index in [4.69, 9.17) is 14.4 Å². The molecule has 2 rings (SSSR count). The standard InChI is InChI=1S/C13H12BrNO4/c1-3-8-9(14)4-7(5-12(8)18-2)11-6-10(13(16)17)15-19-11/h4-6H,3H2,1-2H3,(H,16,17). The van der Waals surface area contributed by atoms with E-state index < -0.39 is 5.97 Å². The lowest BCUT2D eigenvalue weighted by Crippen LogP contribution is -1.94. The molecule has 0 spiro atoms. The first-order valence-electron chi connectivity index (χ1n) is 5.63. The number of hydrogen-bond donors (Lipinski definition) is 1. The molecule has 0 unspecified atom stereocenters. The van der Waals surface area contributed by atoms with Gasteiger partial charge in [0.05, 0.1) is 7.11 Å². The normalized spacial score (nSPS) is 10.5. The van der Waals surface area contributed by atoms with Crippen LogP contribution in [0.15, 0.2) is 27.2 Å². The lowest BCUT2D eigenvalue weighted by Gasteiger charge is -2.10. The third-order valence-electron chi connectivity index (χ3n) is 2.74. The minimum absolute atomic E-state index is 0.121. The SMILES string of the molecule is CCc1c(Br)cc(-c2cc(C(=O)O)no2)cc1OC. The molecule has 0 aliphatic rings. The molecule has 1 heterocycles. The minimum Gasteiger partial charge on any atom is -0.496 e. The third-order valence-corrected chi connectivity index (χ3v) is 3.45. The zero-order chi connectivity index (χ0) is 14.0. The van der Waals surface area contributed by atoms with Gasteiger partial charge in [0, 0.05) is 21.7 Å². The Bertz CT molecular complexity index is 621. The van der Waals surface area contributed by atoms with Crippen LogP contribution in [0, 0.1) is 0 Å². The molecule has 0 fully saturated rings. The van der Waals surface area contributed by atoms with Gasteiger partial charge in [0.25, 0.3) is 0 Å². The molecule has 0 atom stereocenters. The molecule has 0 amide bonds. The van der Waals surface area contributed by atoms with Crippen molar-refractivity contribution in [2.45, 2.75) is 13.3 Å². The number of rotatable bonds is 4. The highest BCUT2D eigenvalue weighted by atomic mass is 79.9. The highest BCUT2D eigenvalue weighted by Gasteiger charge is 2.15. The molecule has 0 radical (unpaired) electrons. The first kappa shape index (κ1) is 13.6. The van der Waals surface area contributed by atoms with Crippen LogP contribution in [0.4, 0.5) is 0 Å². The first-order chi connectivity index (χ1) is 9.06. The molecule has 1 N–H and O–H groups in total. The van der Waals surface area contributed by atoms with Gasteiger partial charge in [0.15, 0.2) is 11.5 Å². The average Bonchev–Trinajstić information content (AvgIpc) is 2.87. The number of carboxylic acid groups (broad SMARTS) is 1. The molecule has 0 bridgehead atoms. The van der Waals surface area contributed by atoms with E-state index in [1.807, 2.05) is 13.0 Å². The van der Waals surface area contributed by atoms with Crippen molar-refractivity contribution in [1.82, 2.24) is 5.16 Å². The Labute approximate surface area is 118 Å². The second kappa shape index (κ2) is 5.44. The monoisotopic (exact) mass is 325 g/mol. The molecular weight excluding hydrogens is 314 g/mol. The number of carboxylic acids is 1. The number of nitrogens with zero attached hydrogens (tertiary/aromatic N) is 1. The number of aromatic carboxylic acids is 1. The van der Waals surface area contributed by atoms with Gasteiger partial charge in [-0.3, -0.25) is 0 Å². The van der Waals surface area contributed by atoms with E-state index in [9.17, 15) is 4.79 Å². The molecule has 5 nitrogen and oxygen atoms in total. The maximum atomic E-state index is 10.8. The Morgan fingerprint density at radius 2 is 2.21 bits per heavy atom. The van der Waals surface area contributed by atoms with Crippen LogP contribution >= 0.6 is 15.9 Å². The maximum absolute atomic E-state index is 10.8. The van der Waals surface area contributed by atoms with Gasteiger partial charge < -0.3 is 14.4 Å². The van der Waals surface area contributed by atoms with Gasteiger partial charge >= 0.3 is 5.97 Å². The van der Waals surface area contributed by atoms with Crippen molar-refractivity contribution in [3.63, 3.8) is 0 Å². The summed E-state index contributed by atoms with van der Waals surface area (Å²) in [5.74, 6) is -0.00888. The van der Waals surface area contributed by atoms with Crippen LogP contribution in [-0.2, 0) is 6.42 Å². The molecule has 100 valence electrons. The lowest BCUT2D eigenvalue weighted by atomic mass is 10.1. The lowest BCUT2D eigenvalue weighted by molar-refractivity contribution is 0.0686. The molecule has 1 aromatic heterocycles. The van der Waals surface area contributed by atoms with Crippen molar-refractivity contribution >= 4 is 21.9 Å². The summed E-state index contributed by atoms with van der Waals surface area (Å²) in [5, 5.41) is 12.3. The summed E-state index contributed by atoms with van der Waals surface area (Å²) in [6.45, 7) is 2.03. The summed E-state index contributed by atoms with van der Waals surface area (Å²) < 4.78 is 11.2. The molecule has 0 saturated heterocycles. The maximum Gasteiger partial charge on any atom is 0.358 e. The van der Waals surface area contributed by atoms with E-state index in [2.05, 4.69) is 21.1 Å². The second-order valence-corrected chi connectivity index (χ2v) is 4.73. The summed E-state index contributed by atoms with van der Waals surface area (Å²) in [6, 6.07) is 5.04. The van der Waals surface area contributed by atoms with Crippen molar-refractivity contribution in [3.05, 3.63) is 33.9 Å². The number of aromatic nitrogens is 1. The van der Waals surface area contributed by atoms with Gasteiger partial charge in [-0.1, -0.05) is 28.0 Å². The molecule has 0 saturated carbocycles. The number of halogens is 1.